The van der Waals surface area contributed by atoms with Gasteiger partial charge in [-0.3, -0.25) is 9.59 Å². The van der Waals surface area contributed by atoms with Gasteiger partial charge in [-0.05, 0) is 54.6 Å². The molecule has 1 amide bonds. The minimum Gasteiger partial charge on any atom is -0.497 e. The average Bonchev–Trinajstić information content (AvgIpc) is 3.38. The van der Waals surface area contributed by atoms with Crippen molar-refractivity contribution in [3.05, 3.63) is 94.8 Å². The predicted octanol–water partition coefficient (Wildman–Crippen LogP) is 6.07. The number of methoxy groups -OCH3 is 1. The Bertz CT molecular complexity index is 1530. The summed E-state index contributed by atoms with van der Waals surface area (Å²) in [5.74, 6) is -0.0185. The van der Waals surface area contributed by atoms with Crippen LogP contribution in [0.25, 0.3) is 21.9 Å². The Hall–Kier alpha value is -4.03. The molecule has 0 radical (unpaired) electrons. The van der Waals surface area contributed by atoms with Gasteiger partial charge in [0.1, 0.15) is 17.0 Å². The molecule has 2 heterocycles. The Morgan fingerprint density at radius 2 is 1.73 bits per heavy atom. The second-order valence-electron chi connectivity index (χ2n) is 7.58. The van der Waals surface area contributed by atoms with E-state index in [9.17, 15) is 9.59 Å². The topological polar surface area (TPSA) is 73.5 Å². The summed E-state index contributed by atoms with van der Waals surface area (Å²) in [4.78, 5) is 26.6. The molecule has 0 bridgehead atoms. The van der Waals surface area contributed by atoms with Crippen molar-refractivity contribution < 1.29 is 18.7 Å². The van der Waals surface area contributed by atoms with Crippen LogP contribution in [0.1, 0.15) is 26.6 Å². The quantitative estimate of drug-likeness (QED) is 0.324. The Morgan fingerprint density at radius 1 is 0.970 bits per heavy atom. The minimum atomic E-state index is -0.375. The highest BCUT2D eigenvalue weighted by Crippen LogP contribution is 2.34. The third-order valence-corrected chi connectivity index (χ3v) is 5.99. The number of carbonyl (C=O) groups is 2. The van der Waals surface area contributed by atoms with E-state index in [1.54, 1.807) is 67.3 Å². The summed E-state index contributed by atoms with van der Waals surface area (Å²) in [5.41, 5.74) is 2.49. The van der Waals surface area contributed by atoms with Crippen LogP contribution in [-0.4, -0.2) is 23.4 Å². The van der Waals surface area contributed by atoms with Crippen LogP contribution in [0, 0.1) is 0 Å². The molecule has 5 aromatic rings. The lowest BCUT2D eigenvalue weighted by molar-refractivity contribution is 0.101. The van der Waals surface area contributed by atoms with E-state index in [-0.39, 0.29) is 17.5 Å². The SMILES string of the molecule is COc1ccc(C(=O)c2oc3ccccc3c2NC(=O)c2cc3c(Cl)cccc3n2C)cc1. The molecule has 0 atom stereocenters. The van der Waals surface area contributed by atoms with Crippen LogP contribution < -0.4 is 10.1 Å². The van der Waals surface area contributed by atoms with Gasteiger partial charge in [0.15, 0.2) is 5.76 Å². The summed E-state index contributed by atoms with van der Waals surface area (Å²) in [6.45, 7) is 0. The largest absolute Gasteiger partial charge is 0.497 e. The first-order valence-electron chi connectivity index (χ1n) is 10.2. The second kappa shape index (κ2) is 8.15. The van der Waals surface area contributed by atoms with E-state index in [1.165, 1.54) is 0 Å². The lowest BCUT2D eigenvalue weighted by Gasteiger charge is -2.08. The van der Waals surface area contributed by atoms with E-state index in [0.717, 1.165) is 10.9 Å². The van der Waals surface area contributed by atoms with Crippen molar-refractivity contribution in [1.29, 1.82) is 0 Å². The van der Waals surface area contributed by atoms with E-state index >= 15 is 0 Å². The first kappa shape index (κ1) is 20.8. The lowest BCUT2D eigenvalue weighted by Crippen LogP contribution is -2.17. The van der Waals surface area contributed by atoms with Crippen molar-refractivity contribution in [2.45, 2.75) is 0 Å². The predicted molar refractivity (Wildman–Crippen MR) is 129 cm³/mol. The van der Waals surface area contributed by atoms with Crippen LogP contribution in [0.5, 0.6) is 5.75 Å². The number of anilines is 1. The zero-order valence-corrected chi connectivity index (χ0v) is 18.6. The molecule has 0 saturated heterocycles. The highest BCUT2D eigenvalue weighted by molar-refractivity contribution is 6.35. The van der Waals surface area contributed by atoms with Gasteiger partial charge in [-0.1, -0.05) is 29.8 Å². The fourth-order valence-electron chi connectivity index (χ4n) is 3.92. The maximum absolute atomic E-state index is 13.3. The summed E-state index contributed by atoms with van der Waals surface area (Å²) in [7, 11) is 3.36. The van der Waals surface area contributed by atoms with Gasteiger partial charge in [0.25, 0.3) is 5.91 Å². The molecule has 1 N–H and O–H groups in total. The van der Waals surface area contributed by atoms with Crippen molar-refractivity contribution in [2.24, 2.45) is 7.05 Å². The van der Waals surface area contributed by atoms with Crippen LogP contribution in [0.15, 0.2) is 77.2 Å². The molecule has 0 unspecified atom stereocenters. The third-order valence-electron chi connectivity index (χ3n) is 5.66. The number of amides is 1. The van der Waals surface area contributed by atoms with Gasteiger partial charge in [-0.15, -0.1) is 0 Å². The summed E-state index contributed by atoms with van der Waals surface area (Å²) in [6, 6.07) is 21.2. The van der Waals surface area contributed by atoms with Crippen LogP contribution in [0.3, 0.4) is 0 Å². The van der Waals surface area contributed by atoms with Gasteiger partial charge in [0, 0.05) is 33.9 Å². The number of para-hydroxylation sites is 1. The Kier molecular flexibility index (Phi) is 5.15. The van der Waals surface area contributed by atoms with Gasteiger partial charge in [0.05, 0.1) is 12.8 Å². The number of carbonyl (C=O) groups excluding carboxylic acids is 2. The fraction of sp³-hybridized carbons (Fsp3) is 0.0769. The normalized spacial score (nSPS) is 11.1. The third kappa shape index (κ3) is 3.54. The molecule has 5 rings (SSSR count). The number of aryl methyl sites for hydroxylation is 1. The first-order chi connectivity index (χ1) is 16.0. The first-order valence-corrected chi connectivity index (χ1v) is 10.6. The van der Waals surface area contributed by atoms with Gasteiger partial charge in [-0.2, -0.15) is 0 Å². The summed E-state index contributed by atoms with van der Waals surface area (Å²) < 4.78 is 12.8. The van der Waals surface area contributed by atoms with Crippen molar-refractivity contribution in [3.63, 3.8) is 0 Å². The van der Waals surface area contributed by atoms with Crippen molar-refractivity contribution in [2.75, 3.05) is 12.4 Å². The van der Waals surface area contributed by atoms with Gasteiger partial charge in [-0.25, -0.2) is 0 Å². The molecule has 33 heavy (non-hydrogen) atoms. The Morgan fingerprint density at radius 3 is 2.45 bits per heavy atom. The number of hydrogen-bond acceptors (Lipinski definition) is 4. The standard InChI is InChI=1S/C26H19ClN2O4/c1-29-20-8-5-7-19(27)18(20)14-21(29)26(31)28-23-17-6-3-4-9-22(17)33-25(23)24(30)15-10-12-16(32-2)13-11-15/h3-14H,1-2H3,(H,28,31). The summed E-state index contributed by atoms with van der Waals surface area (Å²) >= 11 is 6.31. The number of ether oxygens (including phenoxy) is 1. The maximum atomic E-state index is 13.3. The van der Waals surface area contributed by atoms with E-state index in [0.29, 0.717) is 38.7 Å². The number of nitrogens with zero attached hydrogens (tertiary/aromatic N) is 1. The van der Waals surface area contributed by atoms with Crippen LogP contribution >= 0.6 is 11.6 Å². The van der Waals surface area contributed by atoms with Crippen LogP contribution in [-0.2, 0) is 7.05 Å². The van der Waals surface area contributed by atoms with E-state index in [1.807, 2.05) is 24.3 Å². The number of aromatic nitrogens is 1. The highest BCUT2D eigenvalue weighted by Gasteiger charge is 2.25. The Labute approximate surface area is 194 Å². The molecule has 7 heteroatoms. The summed E-state index contributed by atoms with van der Waals surface area (Å²) in [6.07, 6.45) is 0. The number of nitrogens with one attached hydrogen (secondary N) is 1. The number of halogens is 1. The maximum Gasteiger partial charge on any atom is 0.272 e. The smallest absolute Gasteiger partial charge is 0.272 e. The molecule has 3 aromatic carbocycles. The van der Waals surface area contributed by atoms with Gasteiger partial charge >= 0.3 is 0 Å². The number of hydrogen-bond donors (Lipinski definition) is 1. The fourth-order valence-corrected chi connectivity index (χ4v) is 4.15. The van der Waals surface area contributed by atoms with Crippen LogP contribution in [0.2, 0.25) is 5.02 Å². The Balaban J connectivity index is 1.58. The number of benzene rings is 3. The zero-order chi connectivity index (χ0) is 23.1. The molecule has 0 aliphatic rings. The number of ketones is 1. The van der Waals surface area contributed by atoms with Gasteiger partial charge in [0.2, 0.25) is 5.78 Å². The molecule has 6 nitrogen and oxygen atoms in total. The monoisotopic (exact) mass is 458 g/mol. The molecule has 0 fully saturated rings. The minimum absolute atomic E-state index is 0.0616. The van der Waals surface area contributed by atoms with Crippen molar-refractivity contribution in [1.82, 2.24) is 4.57 Å². The highest BCUT2D eigenvalue weighted by atomic mass is 35.5. The van der Waals surface area contributed by atoms with Crippen LogP contribution in [0.4, 0.5) is 5.69 Å². The molecule has 0 saturated carbocycles. The summed E-state index contributed by atoms with van der Waals surface area (Å²) in [5, 5.41) is 4.88. The molecule has 2 aromatic heterocycles. The molecular formula is C26H19ClN2O4. The molecular weight excluding hydrogens is 440 g/mol. The van der Waals surface area contributed by atoms with E-state index < -0.39 is 0 Å². The second-order valence-corrected chi connectivity index (χ2v) is 7.98. The van der Waals surface area contributed by atoms with Gasteiger partial charge < -0.3 is 19.0 Å². The molecule has 164 valence electrons. The zero-order valence-electron chi connectivity index (χ0n) is 17.9. The molecule has 0 aliphatic carbocycles. The average molecular weight is 459 g/mol. The number of furan rings is 1. The van der Waals surface area contributed by atoms with Crippen molar-refractivity contribution in [3.8, 4) is 5.75 Å². The van der Waals surface area contributed by atoms with E-state index in [4.69, 9.17) is 20.8 Å². The number of rotatable bonds is 5. The number of fused-ring (bicyclic) bond motifs is 2. The molecule has 0 aliphatic heterocycles. The lowest BCUT2D eigenvalue weighted by atomic mass is 10.1. The van der Waals surface area contributed by atoms with E-state index in [2.05, 4.69) is 5.32 Å². The van der Waals surface area contributed by atoms with Crippen molar-refractivity contribution >= 4 is 50.9 Å². The molecule has 0 spiro atoms.